The normalized spacial score (nSPS) is 24.3. The third kappa shape index (κ3) is 7.03. The van der Waals surface area contributed by atoms with Crippen molar-refractivity contribution in [3.8, 4) is 5.75 Å². The van der Waals surface area contributed by atoms with Gasteiger partial charge in [0.1, 0.15) is 30.4 Å². The molecular formula is C29H45NO6Si. The lowest BCUT2D eigenvalue weighted by molar-refractivity contribution is -0.100. The molecule has 37 heavy (non-hydrogen) atoms. The number of epoxide rings is 1. The van der Waals surface area contributed by atoms with Crippen molar-refractivity contribution in [3.05, 3.63) is 47.7 Å². The van der Waals surface area contributed by atoms with Gasteiger partial charge in [0, 0.05) is 12.8 Å². The SMILES string of the molecule is COc1ccc(COCc2nc([C@H]3C[C@H](O[Si](C(C)C)(C(C)C)C(C)C)C[C@@H](CC4CO4)O3)co2)cc1. The van der Waals surface area contributed by atoms with Gasteiger partial charge in [0.2, 0.25) is 14.2 Å². The van der Waals surface area contributed by atoms with Crippen LogP contribution in [0.15, 0.2) is 34.9 Å². The van der Waals surface area contributed by atoms with E-state index in [9.17, 15) is 0 Å². The zero-order valence-corrected chi connectivity index (χ0v) is 24.6. The highest BCUT2D eigenvalue weighted by molar-refractivity contribution is 6.77. The molecule has 0 aliphatic carbocycles. The first kappa shape index (κ1) is 28.3. The topological polar surface area (TPSA) is 75.5 Å². The van der Waals surface area contributed by atoms with Gasteiger partial charge in [0.05, 0.1) is 38.6 Å². The minimum atomic E-state index is -2.01. The van der Waals surface area contributed by atoms with Crippen LogP contribution in [0.1, 0.15) is 84.1 Å². The van der Waals surface area contributed by atoms with Crippen molar-refractivity contribution in [1.29, 1.82) is 0 Å². The maximum atomic E-state index is 7.21. The minimum absolute atomic E-state index is 0.0981. The summed E-state index contributed by atoms with van der Waals surface area (Å²) in [7, 11) is -0.347. The number of nitrogens with zero attached hydrogens (tertiary/aromatic N) is 1. The molecule has 8 heteroatoms. The Morgan fingerprint density at radius 2 is 1.62 bits per heavy atom. The van der Waals surface area contributed by atoms with Crippen LogP contribution in [0.2, 0.25) is 16.6 Å². The van der Waals surface area contributed by atoms with E-state index in [1.54, 1.807) is 13.4 Å². The Morgan fingerprint density at radius 3 is 2.22 bits per heavy atom. The van der Waals surface area contributed by atoms with Crippen LogP contribution in [0.5, 0.6) is 5.75 Å². The number of rotatable bonds is 13. The third-order valence-electron chi connectivity index (χ3n) is 7.92. The molecule has 1 aromatic heterocycles. The lowest BCUT2D eigenvalue weighted by atomic mass is 9.97. The van der Waals surface area contributed by atoms with Gasteiger partial charge in [0.15, 0.2) is 0 Å². The van der Waals surface area contributed by atoms with Crippen molar-refractivity contribution in [1.82, 2.24) is 4.98 Å². The van der Waals surface area contributed by atoms with E-state index in [2.05, 4.69) is 41.5 Å². The van der Waals surface area contributed by atoms with Gasteiger partial charge in [-0.1, -0.05) is 53.7 Å². The first-order valence-electron chi connectivity index (χ1n) is 13.8. The van der Waals surface area contributed by atoms with E-state index in [-0.39, 0.29) is 18.3 Å². The molecule has 206 valence electrons. The summed E-state index contributed by atoms with van der Waals surface area (Å²) >= 11 is 0. The molecule has 3 heterocycles. The van der Waals surface area contributed by atoms with Crippen LogP contribution >= 0.6 is 0 Å². The van der Waals surface area contributed by atoms with Gasteiger partial charge < -0.3 is 27.8 Å². The minimum Gasteiger partial charge on any atom is -0.497 e. The Balaban J connectivity index is 1.41. The Hall–Kier alpha value is -1.71. The molecule has 7 nitrogen and oxygen atoms in total. The van der Waals surface area contributed by atoms with E-state index in [4.69, 9.17) is 32.8 Å². The Kier molecular flexibility index (Phi) is 9.51. The van der Waals surface area contributed by atoms with Crippen LogP contribution in [0.25, 0.3) is 0 Å². The third-order valence-corrected chi connectivity index (χ3v) is 14.1. The molecule has 2 aliphatic heterocycles. The molecule has 1 aromatic carbocycles. The van der Waals surface area contributed by atoms with Gasteiger partial charge in [-0.15, -0.1) is 0 Å². The maximum absolute atomic E-state index is 7.21. The quantitative estimate of drug-likeness (QED) is 0.204. The second kappa shape index (κ2) is 12.4. The van der Waals surface area contributed by atoms with E-state index < -0.39 is 8.32 Å². The van der Waals surface area contributed by atoms with Gasteiger partial charge in [-0.2, -0.15) is 0 Å². The van der Waals surface area contributed by atoms with Crippen molar-refractivity contribution in [2.45, 2.75) is 115 Å². The van der Waals surface area contributed by atoms with Crippen LogP contribution in [-0.2, 0) is 31.9 Å². The largest absolute Gasteiger partial charge is 0.497 e. The van der Waals surface area contributed by atoms with Crippen molar-refractivity contribution in [3.63, 3.8) is 0 Å². The van der Waals surface area contributed by atoms with Crippen LogP contribution in [0, 0.1) is 0 Å². The Labute approximate surface area is 223 Å². The number of hydrogen-bond acceptors (Lipinski definition) is 7. The number of benzene rings is 1. The molecule has 0 radical (unpaired) electrons. The smallest absolute Gasteiger partial charge is 0.220 e. The maximum Gasteiger partial charge on any atom is 0.220 e. The summed E-state index contributed by atoms with van der Waals surface area (Å²) in [6.45, 7) is 15.7. The molecule has 0 bridgehead atoms. The zero-order valence-electron chi connectivity index (χ0n) is 23.6. The number of methoxy groups -OCH3 is 1. The first-order valence-corrected chi connectivity index (χ1v) is 15.9. The molecule has 1 unspecified atom stereocenters. The molecular weight excluding hydrogens is 486 g/mol. The van der Waals surface area contributed by atoms with Gasteiger partial charge in [0.25, 0.3) is 0 Å². The summed E-state index contributed by atoms with van der Waals surface area (Å²) < 4.78 is 36.1. The summed E-state index contributed by atoms with van der Waals surface area (Å²) in [5.74, 6) is 1.39. The van der Waals surface area contributed by atoms with Crippen LogP contribution in [0.4, 0.5) is 0 Å². The number of hydrogen-bond donors (Lipinski definition) is 0. The summed E-state index contributed by atoms with van der Waals surface area (Å²) in [5.41, 5.74) is 3.52. The van der Waals surface area contributed by atoms with Gasteiger partial charge in [-0.3, -0.25) is 0 Å². The van der Waals surface area contributed by atoms with Gasteiger partial charge in [-0.25, -0.2) is 4.98 Å². The Morgan fingerprint density at radius 1 is 0.946 bits per heavy atom. The summed E-state index contributed by atoms with van der Waals surface area (Å²) in [6, 6.07) is 7.85. The second-order valence-electron chi connectivity index (χ2n) is 11.5. The van der Waals surface area contributed by atoms with E-state index in [0.29, 0.717) is 41.8 Å². The summed E-state index contributed by atoms with van der Waals surface area (Å²) in [4.78, 5) is 4.75. The first-order chi connectivity index (χ1) is 17.7. The highest BCUT2D eigenvalue weighted by Crippen LogP contribution is 2.46. The average molecular weight is 532 g/mol. The van der Waals surface area contributed by atoms with Gasteiger partial charge >= 0.3 is 0 Å². The predicted molar refractivity (Wildman–Crippen MR) is 145 cm³/mol. The van der Waals surface area contributed by atoms with E-state index in [1.807, 2.05) is 24.3 Å². The molecule has 2 aromatic rings. The summed E-state index contributed by atoms with van der Waals surface area (Å²) in [6.07, 6.45) is 4.74. The van der Waals surface area contributed by atoms with Crippen molar-refractivity contribution in [2.75, 3.05) is 13.7 Å². The second-order valence-corrected chi connectivity index (χ2v) is 16.9. The van der Waals surface area contributed by atoms with Gasteiger partial charge in [-0.05, 0) is 40.7 Å². The monoisotopic (exact) mass is 531 g/mol. The lowest BCUT2D eigenvalue weighted by Gasteiger charge is -2.47. The van der Waals surface area contributed by atoms with E-state index in [0.717, 1.165) is 42.9 Å². The van der Waals surface area contributed by atoms with E-state index >= 15 is 0 Å². The zero-order chi connectivity index (χ0) is 26.6. The van der Waals surface area contributed by atoms with Crippen molar-refractivity contribution >= 4 is 8.32 Å². The Bertz CT molecular complexity index is 949. The molecule has 2 saturated heterocycles. The van der Waals surface area contributed by atoms with Crippen molar-refractivity contribution in [2.24, 2.45) is 0 Å². The fourth-order valence-corrected chi connectivity index (χ4v) is 11.7. The molecule has 0 amide bonds. The molecule has 2 aliphatic rings. The standard InChI is InChI=1S/C29H45NO6Si/c1-19(2)37(20(3)4,21(5)6)36-25-12-24(13-26-16-33-26)35-28(14-25)27-17-34-29(30-27)18-32-15-22-8-10-23(31-7)11-9-22/h8-11,17,19-21,24-26,28H,12-16,18H2,1-7H3/t24-,25+,26?,28+/m0/s1. The highest BCUT2D eigenvalue weighted by atomic mass is 28.4. The predicted octanol–water partition coefficient (Wildman–Crippen LogP) is 6.97. The number of ether oxygens (including phenoxy) is 4. The molecule has 4 atom stereocenters. The molecule has 0 spiro atoms. The van der Waals surface area contributed by atoms with Crippen LogP contribution in [0.3, 0.4) is 0 Å². The fraction of sp³-hybridized carbons (Fsp3) is 0.690. The number of oxazole rings is 1. The van der Waals surface area contributed by atoms with Crippen LogP contribution in [-0.4, -0.2) is 45.3 Å². The summed E-state index contributed by atoms with van der Waals surface area (Å²) in [5, 5.41) is 0. The van der Waals surface area contributed by atoms with E-state index in [1.165, 1.54) is 0 Å². The molecule has 4 rings (SSSR count). The molecule has 0 saturated carbocycles. The highest BCUT2D eigenvalue weighted by Gasteiger charge is 2.48. The average Bonchev–Trinajstić information content (AvgIpc) is 3.55. The molecule has 0 N–H and O–H groups in total. The van der Waals surface area contributed by atoms with Crippen molar-refractivity contribution < 1.29 is 27.8 Å². The fourth-order valence-electron chi connectivity index (χ4n) is 6.12. The lowest BCUT2D eigenvalue weighted by Crippen LogP contribution is -2.51. The molecule has 2 fully saturated rings. The number of aromatic nitrogens is 1. The van der Waals surface area contributed by atoms with Crippen LogP contribution < -0.4 is 4.74 Å².